The Morgan fingerprint density at radius 2 is 2.00 bits per heavy atom. The lowest BCUT2D eigenvalue weighted by Gasteiger charge is -2.02. The van der Waals surface area contributed by atoms with Crippen LogP contribution in [-0.2, 0) is 6.42 Å². The Bertz CT molecular complexity index is 1040. The molecule has 0 unspecified atom stereocenters. The van der Waals surface area contributed by atoms with E-state index < -0.39 is 0 Å². The van der Waals surface area contributed by atoms with Crippen molar-refractivity contribution in [3.8, 4) is 28.4 Å². The molecule has 0 radical (unpaired) electrons. The van der Waals surface area contributed by atoms with Crippen LogP contribution in [0.1, 0.15) is 10.9 Å². The number of aromatic nitrogens is 3. The minimum absolute atomic E-state index is 0.480. The summed E-state index contributed by atoms with van der Waals surface area (Å²) in [5.74, 6) is 1.72. The van der Waals surface area contributed by atoms with Crippen molar-refractivity contribution in [1.29, 1.82) is 0 Å². The third kappa shape index (κ3) is 3.47. The summed E-state index contributed by atoms with van der Waals surface area (Å²) in [7, 11) is 1.62. The number of thiazole rings is 1. The summed E-state index contributed by atoms with van der Waals surface area (Å²) in [6.07, 6.45) is 0.480. The number of halogens is 1. The number of hydrogen-bond acceptors (Lipinski definition) is 6. The van der Waals surface area contributed by atoms with Crippen LogP contribution in [0.25, 0.3) is 22.6 Å². The minimum atomic E-state index is 0.480. The van der Waals surface area contributed by atoms with Crippen molar-refractivity contribution in [2.75, 3.05) is 7.11 Å². The molecular formula is C19H14ClN3O2S. The van der Waals surface area contributed by atoms with Gasteiger partial charge in [-0.3, -0.25) is 0 Å². The number of ether oxygens (including phenoxy) is 1. The van der Waals surface area contributed by atoms with Gasteiger partial charge in [-0.25, -0.2) is 4.98 Å². The van der Waals surface area contributed by atoms with E-state index in [4.69, 9.17) is 20.9 Å². The fraction of sp³-hybridized carbons (Fsp3) is 0.105. The van der Waals surface area contributed by atoms with Gasteiger partial charge in [-0.05, 0) is 24.3 Å². The number of rotatable bonds is 5. The van der Waals surface area contributed by atoms with Crippen molar-refractivity contribution in [3.63, 3.8) is 0 Å². The van der Waals surface area contributed by atoms with Gasteiger partial charge < -0.3 is 9.26 Å². The predicted octanol–water partition coefficient (Wildman–Crippen LogP) is 5.11. The van der Waals surface area contributed by atoms with Crippen LogP contribution in [0.3, 0.4) is 0 Å². The van der Waals surface area contributed by atoms with E-state index in [1.807, 2.05) is 53.9 Å². The molecule has 0 aliphatic rings. The molecule has 2 aromatic heterocycles. The standard InChI is InChI=1S/C19H14ClN3O2S/c1-24-16-8-3-2-7-14(16)19-22-17(25-23-19)10-18-21-15(11-26-18)12-5-4-6-13(20)9-12/h2-9,11H,10H2,1H3. The minimum Gasteiger partial charge on any atom is -0.496 e. The molecule has 0 fully saturated rings. The van der Waals surface area contributed by atoms with Crippen LogP contribution >= 0.6 is 22.9 Å². The van der Waals surface area contributed by atoms with Gasteiger partial charge in [0.05, 0.1) is 24.8 Å². The van der Waals surface area contributed by atoms with Crippen molar-refractivity contribution >= 4 is 22.9 Å². The molecule has 0 aliphatic heterocycles. The topological polar surface area (TPSA) is 61.0 Å². The van der Waals surface area contributed by atoms with E-state index >= 15 is 0 Å². The predicted molar refractivity (Wildman–Crippen MR) is 102 cm³/mol. The van der Waals surface area contributed by atoms with E-state index in [1.165, 1.54) is 0 Å². The van der Waals surface area contributed by atoms with E-state index in [1.54, 1.807) is 18.4 Å². The fourth-order valence-electron chi connectivity index (χ4n) is 2.57. The summed E-state index contributed by atoms with van der Waals surface area (Å²) < 4.78 is 10.7. The highest BCUT2D eigenvalue weighted by Gasteiger charge is 2.14. The van der Waals surface area contributed by atoms with Gasteiger partial charge in [-0.2, -0.15) is 4.98 Å². The van der Waals surface area contributed by atoms with Crippen LogP contribution in [0.15, 0.2) is 58.4 Å². The molecule has 26 heavy (non-hydrogen) atoms. The van der Waals surface area contributed by atoms with Crippen molar-refractivity contribution < 1.29 is 9.26 Å². The lowest BCUT2D eigenvalue weighted by molar-refractivity contribution is 0.384. The Hall–Kier alpha value is -2.70. The second-order valence-electron chi connectivity index (χ2n) is 5.53. The summed E-state index contributed by atoms with van der Waals surface area (Å²) in [4.78, 5) is 9.11. The molecule has 0 bridgehead atoms. The zero-order chi connectivity index (χ0) is 17.9. The maximum absolute atomic E-state index is 6.05. The largest absolute Gasteiger partial charge is 0.496 e. The van der Waals surface area contributed by atoms with Crippen LogP contribution in [0.2, 0.25) is 5.02 Å². The highest BCUT2D eigenvalue weighted by Crippen LogP contribution is 2.28. The second kappa shape index (κ2) is 7.27. The van der Waals surface area contributed by atoms with Crippen LogP contribution in [0, 0.1) is 0 Å². The third-order valence-corrected chi connectivity index (χ3v) is 4.87. The van der Waals surface area contributed by atoms with E-state index in [9.17, 15) is 0 Å². The van der Waals surface area contributed by atoms with Gasteiger partial charge >= 0.3 is 0 Å². The quantitative estimate of drug-likeness (QED) is 0.479. The molecule has 2 heterocycles. The summed E-state index contributed by atoms with van der Waals surface area (Å²) >= 11 is 7.60. The maximum atomic E-state index is 6.05. The van der Waals surface area contributed by atoms with E-state index in [0.29, 0.717) is 28.9 Å². The van der Waals surface area contributed by atoms with Crippen molar-refractivity contribution in [2.24, 2.45) is 0 Å². The van der Waals surface area contributed by atoms with Crippen LogP contribution in [0.4, 0.5) is 0 Å². The normalized spacial score (nSPS) is 10.8. The molecule has 0 amide bonds. The molecule has 0 spiro atoms. The number of hydrogen-bond donors (Lipinski definition) is 0. The SMILES string of the molecule is COc1ccccc1-c1noc(Cc2nc(-c3cccc(Cl)c3)cs2)n1. The average Bonchev–Trinajstić information content (AvgIpc) is 3.32. The first kappa shape index (κ1) is 16.8. The molecule has 0 N–H and O–H groups in total. The molecule has 0 saturated carbocycles. The lowest BCUT2D eigenvalue weighted by Crippen LogP contribution is -1.90. The van der Waals surface area contributed by atoms with Crippen molar-refractivity contribution in [3.05, 3.63) is 69.8 Å². The van der Waals surface area contributed by atoms with Crippen molar-refractivity contribution in [2.45, 2.75) is 6.42 Å². The Balaban J connectivity index is 1.55. The van der Waals surface area contributed by atoms with Gasteiger partial charge in [0, 0.05) is 16.0 Å². The van der Waals surface area contributed by atoms with Gasteiger partial charge in [0.15, 0.2) is 0 Å². The zero-order valence-electron chi connectivity index (χ0n) is 13.8. The number of benzene rings is 2. The van der Waals surface area contributed by atoms with E-state index in [-0.39, 0.29) is 0 Å². The fourth-order valence-corrected chi connectivity index (χ4v) is 3.55. The maximum Gasteiger partial charge on any atom is 0.233 e. The van der Waals surface area contributed by atoms with E-state index in [2.05, 4.69) is 15.1 Å². The van der Waals surface area contributed by atoms with Gasteiger partial charge in [0.1, 0.15) is 10.8 Å². The van der Waals surface area contributed by atoms with Gasteiger partial charge in [-0.1, -0.05) is 41.0 Å². The zero-order valence-corrected chi connectivity index (χ0v) is 15.4. The summed E-state index contributed by atoms with van der Waals surface area (Å²) in [5, 5.41) is 7.65. The number of nitrogens with zero attached hydrogens (tertiary/aromatic N) is 3. The first-order valence-electron chi connectivity index (χ1n) is 7.89. The first-order chi connectivity index (χ1) is 12.7. The first-order valence-corrected chi connectivity index (χ1v) is 9.15. The molecule has 4 rings (SSSR count). The molecule has 0 saturated heterocycles. The molecule has 0 atom stereocenters. The average molecular weight is 384 g/mol. The number of para-hydroxylation sites is 1. The van der Waals surface area contributed by atoms with Gasteiger partial charge in [0.25, 0.3) is 0 Å². The lowest BCUT2D eigenvalue weighted by atomic mass is 10.2. The van der Waals surface area contributed by atoms with E-state index in [0.717, 1.165) is 21.8 Å². The summed E-state index contributed by atoms with van der Waals surface area (Å²) in [6.45, 7) is 0. The van der Waals surface area contributed by atoms with Crippen LogP contribution in [-0.4, -0.2) is 22.2 Å². The van der Waals surface area contributed by atoms with Crippen molar-refractivity contribution in [1.82, 2.24) is 15.1 Å². The van der Waals surface area contributed by atoms with Gasteiger partial charge in [-0.15, -0.1) is 11.3 Å². The molecule has 0 aliphatic carbocycles. The Morgan fingerprint density at radius 1 is 1.12 bits per heavy atom. The Labute approximate surface area is 159 Å². The third-order valence-electron chi connectivity index (χ3n) is 3.79. The molecule has 7 heteroatoms. The smallest absolute Gasteiger partial charge is 0.233 e. The highest BCUT2D eigenvalue weighted by atomic mass is 35.5. The summed E-state index contributed by atoms with van der Waals surface area (Å²) in [5.41, 5.74) is 2.67. The van der Waals surface area contributed by atoms with Crippen LogP contribution < -0.4 is 4.74 Å². The Kier molecular flexibility index (Phi) is 4.69. The van der Waals surface area contributed by atoms with Crippen LogP contribution in [0.5, 0.6) is 5.75 Å². The molecule has 130 valence electrons. The molecule has 2 aromatic carbocycles. The monoisotopic (exact) mass is 383 g/mol. The molecule has 5 nitrogen and oxygen atoms in total. The summed E-state index contributed by atoms with van der Waals surface area (Å²) in [6, 6.07) is 15.2. The van der Waals surface area contributed by atoms with Gasteiger partial charge in [0.2, 0.25) is 11.7 Å². The molecular weight excluding hydrogens is 370 g/mol. The number of methoxy groups -OCH3 is 1. The highest BCUT2D eigenvalue weighted by molar-refractivity contribution is 7.10. The Morgan fingerprint density at radius 3 is 2.85 bits per heavy atom. The molecule has 4 aromatic rings. The second-order valence-corrected chi connectivity index (χ2v) is 6.90.